The van der Waals surface area contributed by atoms with Crippen molar-refractivity contribution in [1.82, 2.24) is 0 Å². The van der Waals surface area contributed by atoms with Crippen molar-refractivity contribution in [3.8, 4) is 0 Å². The Labute approximate surface area is 71.9 Å². The summed E-state index contributed by atoms with van der Waals surface area (Å²) in [5.41, 5.74) is 0.393. The summed E-state index contributed by atoms with van der Waals surface area (Å²) in [6.45, 7) is 8.76. The maximum absolute atomic E-state index is 5.10. The summed E-state index contributed by atoms with van der Waals surface area (Å²) in [5, 5.41) is 0. The zero-order chi connectivity index (χ0) is 7.49. The average Bonchev–Trinajstić information content (AvgIpc) is 1.62. The lowest BCUT2D eigenvalue weighted by Gasteiger charge is -2.20. The summed E-state index contributed by atoms with van der Waals surface area (Å²) in [4.78, 5) is 0. The minimum Gasteiger partial charge on any atom is -0.313 e. The van der Waals surface area contributed by atoms with Gasteiger partial charge in [0.2, 0.25) is 0 Å². The van der Waals surface area contributed by atoms with Gasteiger partial charge < -0.3 is 3.07 Å². The third kappa shape index (κ3) is 6.58. The smallest absolute Gasteiger partial charge is 0.110 e. The van der Waals surface area contributed by atoms with E-state index in [1.165, 1.54) is 0 Å². The van der Waals surface area contributed by atoms with Crippen LogP contribution in [0.1, 0.15) is 34.1 Å². The van der Waals surface area contributed by atoms with Gasteiger partial charge in [0.1, 0.15) is 23.0 Å². The predicted octanol–water partition coefficient (Wildman–Crippen LogP) is 3.18. The van der Waals surface area contributed by atoms with E-state index >= 15 is 0 Å². The number of rotatable bonds is 2. The van der Waals surface area contributed by atoms with Gasteiger partial charge in [-0.05, 0) is 18.8 Å². The van der Waals surface area contributed by atoms with Gasteiger partial charge in [-0.2, -0.15) is 0 Å². The van der Waals surface area contributed by atoms with Crippen LogP contribution in [0, 0.1) is 5.41 Å². The van der Waals surface area contributed by atoms with E-state index < -0.39 is 0 Å². The lowest BCUT2D eigenvalue weighted by molar-refractivity contribution is 0.213. The Morgan fingerprint density at radius 1 is 1.44 bits per heavy atom. The van der Waals surface area contributed by atoms with Crippen LogP contribution in [0.5, 0.6) is 0 Å². The van der Waals surface area contributed by atoms with Crippen molar-refractivity contribution in [1.29, 1.82) is 0 Å². The normalized spacial score (nSPS) is 15.7. The molecule has 0 radical (unpaired) electrons. The van der Waals surface area contributed by atoms with Gasteiger partial charge >= 0.3 is 0 Å². The Hall–Kier alpha value is 0.690. The monoisotopic (exact) mass is 242 g/mol. The van der Waals surface area contributed by atoms with Crippen molar-refractivity contribution in [2.75, 3.05) is 0 Å². The molecule has 0 fully saturated rings. The highest BCUT2D eigenvalue weighted by Crippen LogP contribution is 2.22. The summed E-state index contributed by atoms with van der Waals surface area (Å²) < 4.78 is 5.10. The van der Waals surface area contributed by atoms with Gasteiger partial charge in [-0.3, -0.25) is 0 Å². The first kappa shape index (κ1) is 9.69. The SMILES string of the molecule is CC(CC(C)(C)C)OI. The molecule has 1 unspecified atom stereocenters. The highest BCUT2D eigenvalue weighted by atomic mass is 127. The molecule has 0 aliphatic heterocycles. The molecule has 0 aromatic rings. The molecular weight excluding hydrogens is 227 g/mol. The number of hydrogen-bond donors (Lipinski definition) is 0. The molecule has 0 saturated carbocycles. The van der Waals surface area contributed by atoms with Gasteiger partial charge in [-0.15, -0.1) is 0 Å². The van der Waals surface area contributed by atoms with E-state index in [0.717, 1.165) is 6.42 Å². The van der Waals surface area contributed by atoms with Gasteiger partial charge in [0.15, 0.2) is 0 Å². The average molecular weight is 242 g/mol. The van der Waals surface area contributed by atoms with Crippen molar-refractivity contribution in [2.45, 2.75) is 40.2 Å². The summed E-state index contributed by atoms with van der Waals surface area (Å²) in [5.74, 6) is 0. The van der Waals surface area contributed by atoms with Gasteiger partial charge in [0, 0.05) is 0 Å². The lowest BCUT2D eigenvalue weighted by Crippen LogP contribution is -2.14. The van der Waals surface area contributed by atoms with E-state index in [1.807, 2.05) is 23.0 Å². The molecule has 0 saturated heterocycles. The Morgan fingerprint density at radius 3 is 2.00 bits per heavy atom. The van der Waals surface area contributed by atoms with Crippen LogP contribution in [0.25, 0.3) is 0 Å². The molecular formula is C7H15IO. The highest BCUT2D eigenvalue weighted by molar-refractivity contribution is 14.1. The summed E-state index contributed by atoms with van der Waals surface area (Å²) in [7, 11) is 0. The minimum atomic E-state index is 0.380. The number of halogens is 1. The van der Waals surface area contributed by atoms with Crippen LogP contribution in [-0.2, 0) is 3.07 Å². The molecule has 1 nitrogen and oxygen atoms in total. The fourth-order valence-electron chi connectivity index (χ4n) is 0.894. The maximum Gasteiger partial charge on any atom is 0.110 e. The van der Waals surface area contributed by atoms with Crippen molar-refractivity contribution < 1.29 is 3.07 Å². The van der Waals surface area contributed by atoms with Crippen LogP contribution in [0.15, 0.2) is 0 Å². The molecule has 0 bridgehead atoms. The number of hydrogen-bond acceptors (Lipinski definition) is 1. The standard InChI is InChI=1S/C7H15IO/c1-6(9-8)5-7(2,3)4/h6H,5H2,1-4H3. The first-order valence-corrected chi connectivity index (χ1v) is 4.11. The third-order valence-corrected chi connectivity index (χ3v) is 1.92. The van der Waals surface area contributed by atoms with Crippen molar-refractivity contribution >= 4 is 23.0 Å². The van der Waals surface area contributed by atoms with Gasteiger partial charge in [-0.25, -0.2) is 0 Å². The second-order valence-corrected chi connectivity index (χ2v) is 4.17. The Balaban J connectivity index is 3.47. The molecule has 0 rings (SSSR count). The molecule has 9 heavy (non-hydrogen) atoms. The summed E-state index contributed by atoms with van der Waals surface area (Å²) in [6.07, 6.45) is 1.50. The van der Waals surface area contributed by atoms with E-state index in [0.29, 0.717) is 11.5 Å². The largest absolute Gasteiger partial charge is 0.313 e. The lowest BCUT2D eigenvalue weighted by atomic mass is 9.90. The van der Waals surface area contributed by atoms with Gasteiger partial charge in [-0.1, -0.05) is 20.8 Å². The second kappa shape index (κ2) is 3.76. The van der Waals surface area contributed by atoms with Crippen molar-refractivity contribution in [2.24, 2.45) is 5.41 Å². The maximum atomic E-state index is 5.10. The van der Waals surface area contributed by atoms with Gasteiger partial charge in [0.05, 0.1) is 6.10 Å². The van der Waals surface area contributed by atoms with E-state index in [2.05, 4.69) is 27.7 Å². The third-order valence-electron chi connectivity index (χ3n) is 1.05. The molecule has 0 amide bonds. The zero-order valence-electron chi connectivity index (χ0n) is 6.57. The van der Waals surface area contributed by atoms with E-state index in [1.54, 1.807) is 0 Å². The minimum absolute atomic E-state index is 0.380. The predicted molar refractivity (Wildman–Crippen MR) is 48.6 cm³/mol. The first-order chi connectivity index (χ1) is 3.95. The molecule has 0 heterocycles. The summed E-state index contributed by atoms with van der Waals surface area (Å²) >= 11 is 1.95. The van der Waals surface area contributed by atoms with Gasteiger partial charge in [0.25, 0.3) is 0 Å². The van der Waals surface area contributed by atoms with Crippen LogP contribution < -0.4 is 0 Å². The fourth-order valence-corrected chi connectivity index (χ4v) is 1.07. The quantitative estimate of drug-likeness (QED) is 0.676. The Bertz CT molecular complexity index is 75.5. The van der Waals surface area contributed by atoms with Crippen LogP contribution >= 0.6 is 23.0 Å². The highest BCUT2D eigenvalue weighted by Gasteiger charge is 2.14. The van der Waals surface area contributed by atoms with E-state index in [-0.39, 0.29) is 0 Å². The second-order valence-electron chi connectivity index (χ2n) is 3.66. The fraction of sp³-hybridized carbons (Fsp3) is 1.00. The van der Waals surface area contributed by atoms with E-state index in [4.69, 9.17) is 3.07 Å². The zero-order valence-corrected chi connectivity index (χ0v) is 8.73. The van der Waals surface area contributed by atoms with Crippen LogP contribution in [-0.4, -0.2) is 6.10 Å². The molecule has 0 aromatic carbocycles. The molecule has 0 aromatic heterocycles. The van der Waals surface area contributed by atoms with Crippen molar-refractivity contribution in [3.63, 3.8) is 0 Å². The molecule has 0 aliphatic rings. The van der Waals surface area contributed by atoms with E-state index in [9.17, 15) is 0 Å². The molecule has 2 heteroatoms. The van der Waals surface area contributed by atoms with Crippen molar-refractivity contribution in [3.05, 3.63) is 0 Å². The molecule has 0 aliphatic carbocycles. The molecule has 56 valence electrons. The van der Waals surface area contributed by atoms with Crippen LogP contribution in [0.3, 0.4) is 0 Å². The first-order valence-electron chi connectivity index (χ1n) is 3.23. The Morgan fingerprint density at radius 2 is 1.89 bits per heavy atom. The van der Waals surface area contributed by atoms with Crippen LogP contribution in [0.2, 0.25) is 0 Å². The molecule has 0 N–H and O–H groups in total. The topological polar surface area (TPSA) is 9.23 Å². The molecule has 0 spiro atoms. The van der Waals surface area contributed by atoms with Crippen LogP contribution in [0.4, 0.5) is 0 Å². The summed E-state index contributed by atoms with van der Waals surface area (Å²) in [6, 6.07) is 0. The Kier molecular flexibility index (Phi) is 4.05. The molecule has 1 atom stereocenters.